The lowest BCUT2D eigenvalue weighted by Crippen LogP contribution is -2.22. The summed E-state index contributed by atoms with van der Waals surface area (Å²) in [6.07, 6.45) is -3.18. The molecule has 0 bridgehead atoms. The summed E-state index contributed by atoms with van der Waals surface area (Å²) < 4.78 is 51.3. The van der Waals surface area contributed by atoms with Gasteiger partial charge >= 0.3 is 6.18 Å². The number of rotatable bonds is 0. The molecule has 88 valence electrons. The first-order valence-corrected chi connectivity index (χ1v) is 5.05. The van der Waals surface area contributed by atoms with Crippen LogP contribution >= 0.6 is 0 Å². The van der Waals surface area contributed by atoms with Crippen LogP contribution in [0, 0.1) is 5.82 Å². The van der Waals surface area contributed by atoms with Crippen LogP contribution in [0.3, 0.4) is 0 Å². The molecule has 0 aliphatic heterocycles. The summed E-state index contributed by atoms with van der Waals surface area (Å²) in [7, 11) is 0. The molecule has 1 aromatic rings. The van der Waals surface area contributed by atoms with Crippen molar-refractivity contribution in [3.05, 3.63) is 34.6 Å². The molecule has 0 saturated heterocycles. The van der Waals surface area contributed by atoms with Gasteiger partial charge in [0.25, 0.3) is 0 Å². The maximum atomic E-state index is 13.2. The average Bonchev–Trinajstić information content (AvgIpc) is 2.15. The summed E-state index contributed by atoms with van der Waals surface area (Å²) in [6.45, 7) is 0. The minimum Gasteiger partial charge on any atom is -0.324 e. The van der Waals surface area contributed by atoms with Gasteiger partial charge in [0.2, 0.25) is 0 Å². The standard InChI is InChI=1S/C11H11F4N/c12-8-5-4-6-7(2-1-3-9(6)16)10(8)11(13,14)15/h4-5,9H,1-3,16H2/t9-/m1/s1. The number of halogens is 4. The Morgan fingerprint density at radius 3 is 2.56 bits per heavy atom. The molecular weight excluding hydrogens is 222 g/mol. The molecule has 0 heterocycles. The first kappa shape index (κ1) is 11.4. The Balaban J connectivity index is 2.64. The minimum absolute atomic E-state index is 0.0336. The van der Waals surface area contributed by atoms with Crippen molar-refractivity contribution in [2.75, 3.05) is 0 Å². The zero-order valence-corrected chi connectivity index (χ0v) is 8.44. The van der Waals surface area contributed by atoms with Crippen molar-refractivity contribution in [2.24, 2.45) is 5.73 Å². The van der Waals surface area contributed by atoms with Gasteiger partial charge in [0.15, 0.2) is 0 Å². The van der Waals surface area contributed by atoms with Crippen molar-refractivity contribution >= 4 is 0 Å². The fourth-order valence-electron chi connectivity index (χ4n) is 2.21. The molecule has 0 radical (unpaired) electrons. The predicted octanol–water partition coefficient (Wildman–Crippen LogP) is 3.18. The van der Waals surface area contributed by atoms with Crippen LogP contribution in [0.1, 0.15) is 35.6 Å². The molecule has 1 aliphatic carbocycles. The first-order chi connectivity index (χ1) is 7.41. The molecule has 1 aliphatic rings. The number of fused-ring (bicyclic) bond motifs is 1. The molecule has 0 saturated carbocycles. The molecule has 16 heavy (non-hydrogen) atoms. The van der Waals surface area contributed by atoms with Gasteiger partial charge in [-0.25, -0.2) is 4.39 Å². The van der Waals surface area contributed by atoms with Crippen molar-refractivity contribution < 1.29 is 17.6 Å². The molecule has 0 aromatic heterocycles. The van der Waals surface area contributed by atoms with E-state index in [2.05, 4.69) is 0 Å². The van der Waals surface area contributed by atoms with Gasteiger partial charge in [-0.15, -0.1) is 0 Å². The third kappa shape index (κ3) is 1.80. The van der Waals surface area contributed by atoms with Crippen LogP contribution in [0.15, 0.2) is 12.1 Å². The van der Waals surface area contributed by atoms with Gasteiger partial charge in [0.1, 0.15) is 5.82 Å². The Morgan fingerprint density at radius 1 is 1.25 bits per heavy atom. The van der Waals surface area contributed by atoms with E-state index in [1.54, 1.807) is 0 Å². The fourth-order valence-corrected chi connectivity index (χ4v) is 2.21. The quantitative estimate of drug-likeness (QED) is 0.684. The van der Waals surface area contributed by atoms with Gasteiger partial charge in [-0.05, 0) is 36.5 Å². The molecule has 5 heteroatoms. The second kappa shape index (κ2) is 3.73. The van der Waals surface area contributed by atoms with Crippen LogP contribution in [-0.4, -0.2) is 0 Å². The smallest absolute Gasteiger partial charge is 0.324 e. The van der Waals surface area contributed by atoms with Crippen molar-refractivity contribution in [2.45, 2.75) is 31.5 Å². The average molecular weight is 233 g/mol. The Kier molecular flexibility index (Phi) is 2.66. The lowest BCUT2D eigenvalue weighted by atomic mass is 9.85. The van der Waals surface area contributed by atoms with Crippen molar-refractivity contribution in [1.82, 2.24) is 0 Å². The zero-order chi connectivity index (χ0) is 11.9. The lowest BCUT2D eigenvalue weighted by molar-refractivity contribution is -0.140. The molecule has 2 rings (SSSR count). The summed E-state index contributed by atoms with van der Waals surface area (Å²) in [6, 6.07) is 1.81. The van der Waals surface area contributed by atoms with E-state index in [1.165, 1.54) is 6.07 Å². The summed E-state index contributed by atoms with van der Waals surface area (Å²) in [5, 5.41) is 0. The van der Waals surface area contributed by atoms with Crippen molar-refractivity contribution in [3.8, 4) is 0 Å². The van der Waals surface area contributed by atoms with Gasteiger partial charge < -0.3 is 5.73 Å². The van der Waals surface area contributed by atoms with Gasteiger partial charge in [-0.3, -0.25) is 0 Å². The third-order valence-electron chi connectivity index (χ3n) is 2.92. The van der Waals surface area contributed by atoms with Crippen LogP contribution in [-0.2, 0) is 12.6 Å². The molecule has 0 spiro atoms. The topological polar surface area (TPSA) is 26.0 Å². The van der Waals surface area contributed by atoms with Gasteiger partial charge in [-0.1, -0.05) is 6.07 Å². The minimum atomic E-state index is -4.65. The first-order valence-electron chi connectivity index (χ1n) is 5.05. The van der Waals surface area contributed by atoms with Crippen LogP contribution in [0.4, 0.5) is 17.6 Å². The molecule has 0 unspecified atom stereocenters. The van der Waals surface area contributed by atoms with E-state index in [4.69, 9.17) is 5.73 Å². The number of nitrogens with two attached hydrogens (primary N) is 1. The zero-order valence-electron chi connectivity index (χ0n) is 8.44. The van der Waals surface area contributed by atoms with Crippen molar-refractivity contribution in [3.63, 3.8) is 0 Å². The molecule has 1 nitrogen and oxygen atoms in total. The van der Waals surface area contributed by atoms with Gasteiger partial charge in [-0.2, -0.15) is 13.2 Å². The van der Waals surface area contributed by atoms with Crippen LogP contribution in [0.25, 0.3) is 0 Å². The van der Waals surface area contributed by atoms with E-state index in [9.17, 15) is 17.6 Å². The van der Waals surface area contributed by atoms with E-state index >= 15 is 0 Å². The third-order valence-corrected chi connectivity index (χ3v) is 2.92. The summed E-state index contributed by atoms with van der Waals surface area (Å²) in [5.74, 6) is -1.21. The van der Waals surface area contributed by atoms with Gasteiger partial charge in [0.05, 0.1) is 5.56 Å². The number of hydrogen-bond acceptors (Lipinski definition) is 1. The Morgan fingerprint density at radius 2 is 1.94 bits per heavy atom. The van der Waals surface area contributed by atoms with E-state index in [0.29, 0.717) is 18.4 Å². The van der Waals surface area contributed by atoms with E-state index in [-0.39, 0.29) is 12.0 Å². The van der Waals surface area contributed by atoms with E-state index < -0.39 is 23.6 Å². The van der Waals surface area contributed by atoms with Crippen LogP contribution in [0.2, 0.25) is 0 Å². The second-order valence-corrected chi connectivity index (χ2v) is 3.99. The van der Waals surface area contributed by atoms with Gasteiger partial charge in [0, 0.05) is 6.04 Å². The Hall–Kier alpha value is -1.10. The highest BCUT2D eigenvalue weighted by molar-refractivity contribution is 5.41. The summed E-state index contributed by atoms with van der Waals surface area (Å²) >= 11 is 0. The maximum absolute atomic E-state index is 13.2. The van der Waals surface area contributed by atoms with Crippen molar-refractivity contribution in [1.29, 1.82) is 0 Å². The summed E-state index contributed by atoms with van der Waals surface area (Å²) in [5.41, 5.74) is 5.04. The highest BCUT2D eigenvalue weighted by atomic mass is 19.4. The predicted molar refractivity (Wildman–Crippen MR) is 51.3 cm³/mol. The highest BCUT2D eigenvalue weighted by Crippen LogP contribution is 2.40. The lowest BCUT2D eigenvalue weighted by Gasteiger charge is -2.25. The largest absolute Gasteiger partial charge is 0.419 e. The molecule has 1 aromatic carbocycles. The fraction of sp³-hybridized carbons (Fsp3) is 0.455. The molecule has 2 N–H and O–H groups in total. The molecular formula is C11H11F4N. The molecule has 0 amide bonds. The molecule has 0 fully saturated rings. The summed E-state index contributed by atoms with van der Waals surface area (Å²) in [4.78, 5) is 0. The van der Waals surface area contributed by atoms with Crippen LogP contribution in [0.5, 0.6) is 0 Å². The highest BCUT2D eigenvalue weighted by Gasteiger charge is 2.38. The second-order valence-electron chi connectivity index (χ2n) is 3.99. The molecule has 1 atom stereocenters. The normalized spacial score (nSPS) is 20.7. The van der Waals surface area contributed by atoms with Crippen LogP contribution < -0.4 is 5.73 Å². The van der Waals surface area contributed by atoms with E-state index in [1.807, 2.05) is 0 Å². The number of benzene rings is 1. The maximum Gasteiger partial charge on any atom is 0.419 e. The van der Waals surface area contributed by atoms with E-state index in [0.717, 1.165) is 6.07 Å². The monoisotopic (exact) mass is 233 g/mol. The Labute approximate surface area is 90.3 Å². The number of alkyl halides is 3. The Bertz CT molecular complexity index is 411. The SMILES string of the molecule is N[C@@H]1CCCc2c1ccc(F)c2C(F)(F)F. The number of hydrogen-bond donors (Lipinski definition) is 1.